The van der Waals surface area contributed by atoms with E-state index in [1.54, 1.807) is 32.9 Å². The number of methoxy groups -OCH3 is 1. The first-order valence-electron chi connectivity index (χ1n) is 11.6. The highest BCUT2D eigenvalue weighted by Crippen LogP contribution is 2.37. The molecule has 2 saturated heterocycles. The predicted octanol–water partition coefficient (Wildman–Crippen LogP) is 2.83. The molecular weight excluding hydrogens is 426 g/mol. The molecule has 2 aromatic rings. The normalized spacial score (nSPS) is 32.2. The molecule has 1 aromatic heterocycles. The van der Waals surface area contributed by atoms with Gasteiger partial charge in [-0.25, -0.2) is 4.79 Å². The Labute approximate surface area is 194 Å². The van der Waals surface area contributed by atoms with Crippen molar-refractivity contribution in [1.29, 1.82) is 0 Å². The first-order chi connectivity index (χ1) is 15.5. The summed E-state index contributed by atoms with van der Waals surface area (Å²) in [6.07, 6.45) is -3.15. The van der Waals surface area contributed by atoms with Crippen molar-refractivity contribution in [2.75, 3.05) is 25.1 Å². The lowest BCUT2D eigenvalue weighted by Gasteiger charge is -2.46. The van der Waals surface area contributed by atoms with Crippen LogP contribution in [0.1, 0.15) is 39.7 Å². The lowest BCUT2D eigenvalue weighted by Crippen LogP contribution is -2.63. The molecule has 0 bridgehead atoms. The van der Waals surface area contributed by atoms with Crippen LogP contribution < -0.4 is 15.3 Å². The van der Waals surface area contributed by atoms with Crippen LogP contribution in [0.4, 0.5) is 5.69 Å². The predicted molar refractivity (Wildman–Crippen MR) is 125 cm³/mol. The lowest BCUT2D eigenvalue weighted by molar-refractivity contribution is -0.306. The second-order valence-electron chi connectivity index (χ2n) is 10.2. The van der Waals surface area contributed by atoms with Crippen molar-refractivity contribution in [2.45, 2.75) is 71.2 Å². The van der Waals surface area contributed by atoms with Gasteiger partial charge in [-0.1, -0.05) is 13.8 Å². The largest absolute Gasteiger partial charge is 0.462 e. The van der Waals surface area contributed by atoms with Crippen LogP contribution in [0, 0.1) is 18.8 Å². The zero-order valence-electron chi connectivity index (χ0n) is 20.2. The Bertz CT molecular complexity index is 1050. The summed E-state index contributed by atoms with van der Waals surface area (Å²) in [6, 6.07) is 5.22. The van der Waals surface area contributed by atoms with Crippen molar-refractivity contribution in [1.82, 2.24) is 0 Å². The molecule has 6 atom stereocenters. The number of hydrogen-bond donors (Lipinski definition) is 2. The third-order valence-electron chi connectivity index (χ3n) is 6.84. The number of benzene rings is 1. The lowest BCUT2D eigenvalue weighted by atomic mass is 9.89. The standard InChI is InChI=1S/C25H35NO7/c1-13-9-14(2)12-26(11-13)17-10-19(27)32-22-15(3)18(8-7-16(17)22)31-24-21(29)20(28)23(30-6)25(4,5)33-24/h7-8,10,13-14,20-21,23-24,28-29H,9,11-12H2,1-6H3/t13?,14?,20-,21+,23+,24+/m0/s1. The van der Waals surface area contributed by atoms with Crippen molar-refractivity contribution < 1.29 is 28.8 Å². The number of aliphatic hydroxyl groups excluding tert-OH is 2. The zero-order valence-corrected chi connectivity index (χ0v) is 20.2. The molecule has 1 aromatic carbocycles. The van der Waals surface area contributed by atoms with Gasteiger partial charge in [0.15, 0.2) is 0 Å². The van der Waals surface area contributed by atoms with E-state index in [-0.39, 0.29) is 0 Å². The Morgan fingerprint density at radius 2 is 1.79 bits per heavy atom. The van der Waals surface area contributed by atoms with E-state index >= 15 is 0 Å². The monoisotopic (exact) mass is 461 g/mol. The second-order valence-corrected chi connectivity index (χ2v) is 10.2. The summed E-state index contributed by atoms with van der Waals surface area (Å²) in [7, 11) is 1.46. The van der Waals surface area contributed by atoms with E-state index < -0.39 is 35.8 Å². The van der Waals surface area contributed by atoms with Crippen LogP contribution in [0.15, 0.2) is 27.4 Å². The number of aryl methyl sites for hydroxylation is 1. The average molecular weight is 462 g/mol. The number of anilines is 1. The van der Waals surface area contributed by atoms with Crippen LogP contribution in [-0.4, -0.2) is 60.6 Å². The fraction of sp³-hybridized carbons (Fsp3) is 0.640. The Balaban J connectivity index is 1.68. The van der Waals surface area contributed by atoms with Gasteiger partial charge in [-0.3, -0.25) is 0 Å². The molecule has 0 saturated carbocycles. The van der Waals surface area contributed by atoms with Crippen molar-refractivity contribution in [2.24, 2.45) is 11.8 Å². The summed E-state index contributed by atoms with van der Waals surface area (Å²) in [5, 5.41) is 21.9. The van der Waals surface area contributed by atoms with Gasteiger partial charge in [-0.2, -0.15) is 0 Å². The first kappa shape index (κ1) is 24.0. The summed E-state index contributed by atoms with van der Waals surface area (Å²) in [5.41, 5.74) is 0.631. The van der Waals surface area contributed by atoms with Crippen molar-refractivity contribution in [3.8, 4) is 5.75 Å². The number of ether oxygens (including phenoxy) is 3. The molecular formula is C25H35NO7. The number of piperidine rings is 1. The summed E-state index contributed by atoms with van der Waals surface area (Å²) < 4.78 is 22.9. The molecule has 33 heavy (non-hydrogen) atoms. The minimum absolute atomic E-state index is 0.408. The molecule has 2 aliphatic heterocycles. The van der Waals surface area contributed by atoms with Crippen LogP contribution >= 0.6 is 0 Å². The number of rotatable bonds is 4. The molecule has 0 radical (unpaired) electrons. The molecule has 8 nitrogen and oxygen atoms in total. The van der Waals surface area contributed by atoms with Crippen LogP contribution in [0.25, 0.3) is 11.0 Å². The van der Waals surface area contributed by atoms with Gasteiger partial charge in [-0.15, -0.1) is 0 Å². The Hall–Kier alpha value is -2.13. The van der Waals surface area contributed by atoms with Crippen LogP contribution in [0.3, 0.4) is 0 Å². The summed E-state index contributed by atoms with van der Waals surface area (Å²) in [6.45, 7) is 11.6. The molecule has 2 unspecified atom stereocenters. The highest BCUT2D eigenvalue weighted by molar-refractivity contribution is 5.93. The van der Waals surface area contributed by atoms with Crippen LogP contribution in [-0.2, 0) is 9.47 Å². The fourth-order valence-electron chi connectivity index (χ4n) is 5.40. The molecule has 8 heteroatoms. The summed E-state index contributed by atoms with van der Waals surface area (Å²) >= 11 is 0. The average Bonchev–Trinajstić information content (AvgIpc) is 2.73. The smallest absolute Gasteiger partial charge is 0.338 e. The number of fused-ring (bicyclic) bond motifs is 1. The minimum atomic E-state index is -1.31. The van der Waals surface area contributed by atoms with Crippen molar-refractivity contribution in [3.05, 3.63) is 34.2 Å². The SMILES string of the molecule is CO[C@@H]1[C@@H](O)[C@@H](O)[C@H](Oc2ccc3c(N4CC(C)CC(C)C4)cc(=O)oc3c2C)OC1(C)C. The van der Waals surface area contributed by atoms with Gasteiger partial charge in [0.25, 0.3) is 0 Å². The number of aliphatic hydroxyl groups is 2. The van der Waals surface area contributed by atoms with Gasteiger partial charge in [0, 0.05) is 37.2 Å². The van der Waals surface area contributed by atoms with E-state index in [0.29, 0.717) is 28.7 Å². The van der Waals surface area contributed by atoms with Gasteiger partial charge < -0.3 is 33.7 Å². The zero-order chi connectivity index (χ0) is 24.1. The van der Waals surface area contributed by atoms with Gasteiger partial charge in [0.05, 0.1) is 11.3 Å². The fourth-order valence-corrected chi connectivity index (χ4v) is 5.40. The Morgan fingerprint density at radius 1 is 1.12 bits per heavy atom. The molecule has 182 valence electrons. The second kappa shape index (κ2) is 8.91. The molecule has 0 spiro atoms. The minimum Gasteiger partial charge on any atom is -0.462 e. The van der Waals surface area contributed by atoms with E-state index in [0.717, 1.165) is 24.2 Å². The van der Waals surface area contributed by atoms with E-state index in [1.807, 2.05) is 6.07 Å². The van der Waals surface area contributed by atoms with Crippen LogP contribution in [0.2, 0.25) is 0 Å². The Morgan fingerprint density at radius 3 is 2.42 bits per heavy atom. The van der Waals surface area contributed by atoms with Gasteiger partial charge in [-0.05, 0) is 51.2 Å². The summed E-state index contributed by atoms with van der Waals surface area (Å²) in [4.78, 5) is 14.7. The van der Waals surface area contributed by atoms with Gasteiger partial charge >= 0.3 is 5.63 Å². The molecule has 0 aliphatic carbocycles. The van der Waals surface area contributed by atoms with Crippen molar-refractivity contribution in [3.63, 3.8) is 0 Å². The summed E-state index contributed by atoms with van der Waals surface area (Å²) in [5.74, 6) is 1.48. The maximum atomic E-state index is 12.5. The Kier molecular flexibility index (Phi) is 6.48. The highest BCUT2D eigenvalue weighted by atomic mass is 16.7. The molecule has 3 heterocycles. The van der Waals surface area contributed by atoms with E-state index in [9.17, 15) is 15.0 Å². The molecule has 0 amide bonds. The molecule has 2 fully saturated rings. The van der Waals surface area contributed by atoms with E-state index in [2.05, 4.69) is 18.7 Å². The quantitative estimate of drug-likeness (QED) is 0.671. The van der Waals surface area contributed by atoms with Gasteiger partial charge in [0.2, 0.25) is 6.29 Å². The van der Waals surface area contributed by atoms with E-state index in [4.69, 9.17) is 18.6 Å². The highest BCUT2D eigenvalue weighted by Gasteiger charge is 2.50. The number of nitrogens with zero attached hydrogens (tertiary/aromatic N) is 1. The molecule has 2 aliphatic rings. The van der Waals surface area contributed by atoms with E-state index in [1.165, 1.54) is 13.5 Å². The number of hydrogen-bond acceptors (Lipinski definition) is 8. The van der Waals surface area contributed by atoms with Crippen LogP contribution in [0.5, 0.6) is 5.75 Å². The third kappa shape index (κ3) is 4.49. The molecule has 2 N–H and O–H groups in total. The third-order valence-corrected chi connectivity index (χ3v) is 6.84. The molecule has 4 rings (SSSR count). The van der Waals surface area contributed by atoms with Gasteiger partial charge in [0.1, 0.15) is 29.6 Å². The maximum absolute atomic E-state index is 12.5. The first-order valence-corrected chi connectivity index (χ1v) is 11.6. The topological polar surface area (TPSA) is 102 Å². The maximum Gasteiger partial charge on any atom is 0.338 e. The van der Waals surface area contributed by atoms with Crippen molar-refractivity contribution >= 4 is 16.7 Å².